The fraction of sp³-hybridized carbons (Fsp3) is 0.250. The molecule has 0 saturated carbocycles. The molecule has 1 amide bonds. The summed E-state index contributed by atoms with van der Waals surface area (Å²) in [6.07, 6.45) is 3.26. The average molecular weight is 407 g/mol. The Morgan fingerprint density at radius 3 is 2.53 bits per heavy atom. The Morgan fingerprint density at radius 2 is 1.83 bits per heavy atom. The molecule has 0 saturated heterocycles. The number of hydrogen-bond acceptors (Lipinski definition) is 4. The van der Waals surface area contributed by atoms with Crippen molar-refractivity contribution in [1.29, 1.82) is 0 Å². The van der Waals surface area contributed by atoms with E-state index in [1.165, 1.54) is 0 Å². The lowest BCUT2D eigenvalue weighted by Gasteiger charge is -2.17. The number of nitrogens with zero attached hydrogens (tertiary/aromatic N) is 1. The number of amides is 1. The van der Waals surface area contributed by atoms with Gasteiger partial charge in [-0.3, -0.25) is 5.32 Å². The molecule has 30 heavy (non-hydrogen) atoms. The van der Waals surface area contributed by atoms with Gasteiger partial charge >= 0.3 is 6.09 Å². The van der Waals surface area contributed by atoms with Gasteiger partial charge in [-0.2, -0.15) is 0 Å². The number of carbonyl (C=O) groups excluding carboxylic acids is 1. The Balaban J connectivity index is 1.81. The molecule has 0 atom stereocenters. The Kier molecular flexibility index (Phi) is 6.91. The summed E-state index contributed by atoms with van der Waals surface area (Å²) in [5, 5.41) is 2.78. The van der Waals surface area contributed by atoms with E-state index in [2.05, 4.69) is 5.32 Å². The second kappa shape index (κ2) is 9.78. The molecule has 0 aliphatic rings. The summed E-state index contributed by atoms with van der Waals surface area (Å²) >= 11 is 0. The molecule has 6 nitrogen and oxygen atoms in total. The van der Waals surface area contributed by atoms with E-state index in [1.807, 2.05) is 92.5 Å². The van der Waals surface area contributed by atoms with Crippen molar-refractivity contribution in [3.8, 4) is 22.6 Å². The molecule has 1 N–H and O–H groups in total. The highest BCUT2D eigenvalue weighted by Crippen LogP contribution is 2.35. The predicted octanol–water partition coefficient (Wildman–Crippen LogP) is 4.72. The Hall–Kier alpha value is -3.54. The van der Waals surface area contributed by atoms with Gasteiger partial charge in [0.25, 0.3) is 0 Å². The number of rotatable bonds is 7. The zero-order valence-electron chi connectivity index (χ0n) is 17.7. The van der Waals surface area contributed by atoms with Crippen molar-refractivity contribution in [3.05, 3.63) is 72.6 Å². The molecular formula is C24H27N2O4+. The van der Waals surface area contributed by atoms with Crippen LogP contribution < -0.4 is 19.4 Å². The molecule has 156 valence electrons. The lowest BCUT2D eigenvalue weighted by atomic mass is 10.0. The van der Waals surface area contributed by atoms with E-state index in [0.29, 0.717) is 11.4 Å². The monoisotopic (exact) mass is 407 g/mol. The normalized spacial score (nSPS) is 10.6. The van der Waals surface area contributed by atoms with Gasteiger partial charge in [0, 0.05) is 11.6 Å². The Morgan fingerprint density at radius 1 is 1.07 bits per heavy atom. The van der Waals surface area contributed by atoms with Gasteiger partial charge in [0.1, 0.15) is 19.4 Å². The number of aryl methyl sites for hydroxylation is 1. The van der Waals surface area contributed by atoms with Crippen molar-refractivity contribution in [2.24, 2.45) is 7.05 Å². The van der Waals surface area contributed by atoms with E-state index >= 15 is 0 Å². The number of benzene rings is 2. The van der Waals surface area contributed by atoms with Crippen LogP contribution in [0.1, 0.15) is 19.4 Å². The average Bonchev–Trinajstić information content (AvgIpc) is 2.74. The predicted molar refractivity (Wildman–Crippen MR) is 116 cm³/mol. The molecule has 0 fully saturated rings. The third-order valence-corrected chi connectivity index (χ3v) is 4.39. The standard InChI is InChI=1S/C24H26N2O4/c1-17(2)30-22-14-19(20-12-13-26(3)15-23(20)28-4)10-11-21(22)25-24(27)29-16-18-8-6-5-7-9-18/h5-15,17H,16H2,1-4H3/p+1. The van der Waals surface area contributed by atoms with E-state index < -0.39 is 6.09 Å². The molecule has 6 heteroatoms. The zero-order chi connectivity index (χ0) is 21.5. The molecule has 3 rings (SSSR count). The van der Waals surface area contributed by atoms with Gasteiger partial charge in [-0.1, -0.05) is 36.4 Å². The van der Waals surface area contributed by atoms with E-state index in [9.17, 15) is 4.79 Å². The Labute approximate surface area is 177 Å². The molecule has 0 spiro atoms. The van der Waals surface area contributed by atoms with E-state index in [0.717, 1.165) is 22.4 Å². The molecule has 2 aromatic carbocycles. The molecule has 0 bridgehead atoms. The van der Waals surface area contributed by atoms with Gasteiger partial charge in [-0.05, 0) is 37.1 Å². The van der Waals surface area contributed by atoms with Crippen LogP contribution in [0.25, 0.3) is 11.1 Å². The van der Waals surface area contributed by atoms with Crippen LogP contribution in [-0.4, -0.2) is 19.3 Å². The van der Waals surface area contributed by atoms with E-state index in [4.69, 9.17) is 14.2 Å². The van der Waals surface area contributed by atoms with Gasteiger partial charge in [0.15, 0.2) is 11.9 Å². The number of methoxy groups -OCH3 is 1. The van der Waals surface area contributed by atoms with E-state index in [1.54, 1.807) is 7.11 Å². The van der Waals surface area contributed by atoms with Crippen molar-refractivity contribution < 1.29 is 23.6 Å². The third-order valence-electron chi connectivity index (χ3n) is 4.39. The van der Waals surface area contributed by atoms with Crippen molar-refractivity contribution in [2.45, 2.75) is 26.6 Å². The molecular weight excluding hydrogens is 380 g/mol. The SMILES string of the molecule is COc1c[n+](C)ccc1-c1ccc(NC(=O)OCc2ccccc2)c(OC(C)C)c1. The van der Waals surface area contributed by atoms with Crippen LogP contribution in [0.2, 0.25) is 0 Å². The quantitative estimate of drug-likeness (QED) is 0.576. The second-order valence-corrected chi connectivity index (χ2v) is 7.16. The smallest absolute Gasteiger partial charge is 0.412 e. The first-order valence-corrected chi connectivity index (χ1v) is 9.78. The van der Waals surface area contributed by atoms with E-state index in [-0.39, 0.29) is 12.7 Å². The molecule has 0 aliphatic carbocycles. The third kappa shape index (κ3) is 5.50. The summed E-state index contributed by atoms with van der Waals surface area (Å²) in [4.78, 5) is 12.3. The maximum absolute atomic E-state index is 12.3. The highest BCUT2D eigenvalue weighted by molar-refractivity contribution is 5.88. The van der Waals surface area contributed by atoms with Crippen LogP contribution in [0.3, 0.4) is 0 Å². The minimum Gasteiger partial charge on any atom is -0.490 e. The van der Waals surface area contributed by atoms with Crippen LogP contribution >= 0.6 is 0 Å². The molecule has 1 aromatic heterocycles. The molecule has 0 aliphatic heterocycles. The number of ether oxygens (including phenoxy) is 3. The maximum atomic E-state index is 12.3. The summed E-state index contributed by atoms with van der Waals surface area (Å²) in [6, 6.07) is 17.1. The Bertz CT molecular complexity index is 1000. The summed E-state index contributed by atoms with van der Waals surface area (Å²) in [5.74, 6) is 1.31. The molecule has 3 aromatic rings. The van der Waals surface area contributed by atoms with Gasteiger partial charge in [-0.25, -0.2) is 9.36 Å². The van der Waals surface area contributed by atoms with Crippen molar-refractivity contribution >= 4 is 11.8 Å². The summed E-state index contributed by atoms with van der Waals surface area (Å²) in [7, 11) is 3.58. The topological polar surface area (TPSA) is 60.7 Å². The molecule has 0 radical (unpaired) electrons. The fourth-order valence-electron chi connectivity index (χ4n) is 2.99. The lowest BCUT2D eigenvalue weighted by molar-refractivity contribution is -0.671. The van der Waals surface area contributed by atoms with Gasteiger partial charge in [-0.15, -0.1) is 0 Å². The summed E-state index contributed by atoms with van der Waals surface area (Å²) in [5.41, 5.74) is 3.32. The number of anilines is 1. The lowest BCUT2D eigenvalue weighted by Crippen LogP contribution is -2.26. The zero-order valence-corrected chi connectivity index (χ0v) is 17.7. The number of hydrogen-bond donors (Lipinski definition) is 1. The fourth-order valence-corrected chi connectivity index (χ4v) is 2.99. The van der Waals surface area contributed by atoms with Crippen LogP contribution in [0.5, 0.6) is 11.5 Å². The minimum atomic E-state index is -0.537. The minimum absolute atomic E-state index is 0.0587. The number of nitrogens with one attached hydrogen (secondary N) is 1. The number of aromatic nitrogens is 1. The van der Waals surface area contributed by atoms with Crippen LogP contribution in [0, 0.1) is 0 Å². The summed E-state index contributed by atoms with van der Waals surface area (Å²) < 4.78 is 18.7. The first-order valence-electron chi connectivity index (χ1n) is 9.78. The van der Waals surface area contributed by atoms with Gasteiger partial charge in [0.05, 0.1) is 18.9 Å². The van der Waals surface area contributed by atoms with Crippen molar-refractivity contribution in [3.63, 3.8) is 0 Å². The molecule has 1 heterocycles. The van der Waals surface area contributed by atoms with Crippen molar-refractivity contribution in [1.82, 2.24) is 0 Å². The van der Waals surface area contributed by atoms with Crippen molar-refractivity contribution in [2.75, 3.05) is 12.4 Å². The highest BCUT2D eigenvalue weighted by atomic mass is 16.5. The van der Waals surface area contributed by atoms with Crippen LogP contribution in [0.4, 0.5) is 10.5 Å². The largest absolute Gasteiger partial charge is 0.490 e. The first kappa shape index (κ1) is 21.2. The van der Waals surface area contributed by atoms with Gasteiger partial charge in [0.2, 0.25) is 6.20 Å². The second-order valence-electron chi connectivity index (χ2n) is 7.16. The number of pyridine rings is 1. The van der Waals surface area contributed by atoms with Gasteiger partial charge < -0.3 is 14.2 Å². The molecule has 0 unspecified atom stereocenters. The summed E-state index contributed by atoms with van der Waals surface area (Å²) in [6.45, 7) is 4.07. The van der Waals surface area contributed by atoms with Crippen LogP contribution in [-0.2, 0) is 18.4 Å². The maximum Gasteiger partial charge on any atom is 0.412 e. The first-order chi connectivity index (χ1) is 14.5. The van der Waals surface area contributed by atoms with Crippen LogP contribution in [0.15, 0.2) is 67.0 Å². The number of carbonyl (C=O) groups is 1. The highest BCUT2D eigenvalue weighted by Gasteiger charge is 2.15.